The molecule has 2 N–H and O–H groups in total. The first kappa shape index (κ1) is 18.1. The number of halogens is 1. The predicted molar refractivity (Wildman–Crippen MR) is 97.1 cm³/mol. The van der Waals surface area contributed by atoms with Gasteiger partial charge in [0.2, 0.25) is 17.7 Å². The smallest absolute Gasteiger partial charge is 0.250 e. The number of nitrogens with zero attached hydrogens (tertiary/aromatic N) is 1. The molecule has 1 aromatic rings. The second-order valence-corrected chi connectivity index (χ2v) is 9.05. The Labute approximate surface area is 157 Å². The van der Waals surface area contributed by atoms with E-state index in [9.17, 15) is 18.8 Å². The summed E-state index contributed by atoms with van der Waals surface area (Å²) in [5.74, 6) is -3.06. The lowest BCUT2D eigenvalue weighted by atomic mass is 9.75. The number of imide groups is 1. The van der Waals surface area contributed by atoms with Crippen molar-refractivity contribution in [3.05, 3.63) is 29.6 Å². The van der Waals surface area contributed by atoms with Gasteiger partial charge in [-0.1, -0.05) is 13.8 Å². The third kappa shape index (κ3) is 2.18. The molecular formula is C20H24FN3O3. The molecule has 1 aromatic carbocycles. The van der Waals surface area contributed by atoms with Crippen molar-refractivity contribution in [2.24, 2.45) is 17.8 Å². The average molecular weight is 373 g/mol. The van der Waals surface area contributed by atoms with E-state index < -0.39 is 34.6 Å². The summed E-state index contributed by atoms with van der Waals surface area (Å²) in [6, 6.07) is 3.70. The summed E-state index contributed by atoms with van der Waals surface area (Å²) in [5.41, 5.74) is -1.24. The molecule has 4 rings (SSSR count). The maximum absolute atomic E-state index is 14.0. The van der Waals surface area contributed by atoms with Gasteiger partial charge in [0, 0.05) is 22.8 Å². The summed E-state index contributed by atoms with van der Waals surface area (Å²) in [6.07, 6.45) is 0. The number of rotatable bonds is 1. The number of amides is 3. The minimum atomic E-state index is -1.43. The van der Waals surface area contributed by atoms with E-state index in [-0.39, 0.29) is 23.8 Å². The normalized spacial score (nSPS) is 32.5. The first-order valence-corrected chi connectivity index (χ1v) is 9.27. The second kappa shape index (κ2) is 5.38. The number of hydrogen-bond donors (Lipinski definition) is 2. The molecule has 4 atom stereocenters. The van der Waals surface area contributed by atoms with Gasteiger partial charge in [-0.3, -0.25) is 24.6 Å². The van der Waals surface area contributed by atoms with Gasteiger partial charge in [0.25, 0.3) is 0 Å². The highest BCUT2D eigenvalue weighted by molar-refractivity contribution is 6.15. The molecule has 0 radical (unpaired) electrons. The highest BCUT2D eigenvalue weighted by Crippen LogP contribution is 2.54. The number of anilines is 1. The quantitative estimate of drug-likeness (QED) is 0.738. The van der Waals surface area contributed by atoms with Gasteiger partial charge in [-0.05, 0) is 44.9 Å². The van der Waals surface area contributed by atoms with Crippen molar-refractivity contribution in [2.45, 2.75) is 51.7 Å². The van der Waals surface area contributed by atoms with Crippen LogP contribution in [0.4, 0.5) is 10.1 Å². The lowest BCUT2D eigenvalue weighted by Gasteiger charge is -2.35. The summed E-state index contributed by atoms with van der Waals surface area (Å²) in [7, 11) is 0. The van der Waals surface area contributed by atoms with Crippen LogP contribution in [0.5, 0.6) is 0 Å². The zero-order valence-electron chi connectivity index (χ0n) is 16.1. The maximum atomic E-state index is 14.0. The van der Waals surface area contributed by atoms with Gasteiger partial charge >= 0.3 is 0 Å². The average Bonchev–Trinajstić information content (AvgIpc) is 3.13. The molecule has 0 bridgehead atoms. The fraction of sp³-hybridized carbons (Fsp3) is 0.550. The molecule has 144 valence electrons. The molecule has 6 nitrogen and oxygen atoms in total. The van der Waals surface area contributed by atoms with Crippen molar-refractivity contribution in [3.8, 4) is 0 Å². The molecule has 0 unspecified atom stereocenters. The maximum Gasteiger partial charge on any atom is 0.250 e. The van der Waals surface area contributed by atoms with Crippen molar-refractivity contribution in [3.63, 3.8) is 0 Å². The standard InChI is InChI=1S/C20H24FN3O3/c1-9(2)15-13-14(17(26)24(16(13)25)19(3,4)5)20(23-15)11-8-10(21)6-7-12(11)22-18(20)27/h6-9,13-15,23H,1-5H3,(H,22,27)/t13-,14-,15-,20+/m0/s1. The topological polar surface area (TPSA) is 78.5 Å². The van der Waals surface area contributed by atoms with E-state index >= 15 is 0 Å². The number of carbonyl (C=O) groups excluding carboxylic acids is 3. The van der Waals surface area contributed by atoms with Gasteiger partial charge in [0.05, 0.1) is 11.8 Å². The molecule has 2 fully saturated rings. The predicted octanol–water partition coefficient (Wildman–Crippen LogP) is 2.00. The zero-order chi connectivity index (χ0) is 19.9. The summed E-state index contributed by atoms with van der Waals surface area (Å²) < 4.78 is 14.0. The lowest BCUT2D eigenvalue weighted by molar-refractivity contribution is -0.148. The van der Waals surface area contributed by atoms with Crippen LogP contribution in [0, 0.1) is 23.6 Å². The molecule has 7 heteroatoms. The van der Waals surface area contributed by atoms with E-state index in [1.54, 1.807) is 20.8 Å². The number of fused-ring (bicyclic) bond motifs is 4. The van der Waals surface area contributed by atoms with Crippen molar-refractivity contribution in [2.75, 3.05) is 5.32 Å². The van der Waals surface area contributed by atoms with Crippen LogP contribution >= 0.6 is 0 Å². The van der Waals surface area contributed by atoms with E-state index in [0.717, 1.165) is 0 Å². The molecule has 3 aliphatic rings. The van der Waals surface area contributed by atoms with Gasteiger partial charge in [0.15, 0.2) is 0 Å². The SMILES string of the molecule is CC(C)[C@@H]1N[C@@]2(C(=O)Nc3ccc(F)cc32)[C@@H]2C(=O)N(C(C)(C)C)C(=O)[C@@H]21. The zero-order valence-corrected chi connectivity index (χ0v) is 16.1. The fourth-order valence-electron chi connectivity index (χ4n) is 4.94. The van der Waals surface area contributed by atoms with Crippen molar-refractivity contribution < 1.29 is 18.8 Å². The number of carbonyl (C=O) groups is 3. The van der Waals surface area contributed by atoms with Crippen molar-refractivity contribution in [1.82, 2.24) is 10.2 Å². The summed E-state index contributed by atoms with van der Waals surface area (Å²) >= 11 is 0. The van der Waals surface area contributed by atoms with Crippen LogP contribution in [-0.2, 0) is 19.9 Å². The Bertz CT molecular complexity index is 876. The first-order valence-electron chi connectivity index (χ1n) is 9.27. The molecule has 3 amide bonds. The molecule has 2 saturated heterocycles. The van der Waals surface area contributed by atoms with E-state index in [2.05, 4.69) is 10.6 Å². The summed E-state index contributed by atoms with van der Waals surface area (Å²) in [4.78, 5) is 41.0. The number of benzene rings is 1. The largest absolute Gasteiger partial charge is 0.324 e. The minimum Gasteiger partial charge on any atom is -0.324 e. The van der Waals surface area contributed by atoms with Crippen LogP contribution in [0.25, 0.3) is 0 Å². The van der Waals surface area contributed by atoms with Crippen LogP contribution in [0.2, 0.25) is 0 Å². The van der Waals surface area contributed by atoms with Gasteiger partial charge in [-0.25, -0.2) is 4.39 Å². The van der Waals surface area contributed by atoms with E-state index in [0.29, 0.717) is 11.3 Å². The highest BCUT2D eigenvalue weighted by atomic mass is 19.1. The number of likely N-dealkylation sites (tertiary alicyclic amines) is 1. The van der Waals surface area contributed by atoms with Crippen LogP contribution in [0.1, 0.15) is 40.2 Å². The Kier molecular flexibility index (Phi) is 3.60. The van der Waals surface area contributed by atoms with Crippen molar-refractivity contribution >= 4 is 23.4 Å². The van der Waals surface area contributed by atoms with Crippen LogP contribution in [0.3, 0.4) is 0 Å². The van der Waals surface area contributed by atoms with Gasteiger partial charge in [-0.2, -0.15) is 0 Å². The van der Waals surface area contributed by atoms with Gasteiger partial charge < -0.3 is 5.32 Å². The Balaban J connectivity index is 1.95. The van der Waals surface area contributed by atoms with Crippen LogP contribution in [-0.4, -0.2) is 34.2 Å². The molecule has 3 aliphatic heterocycles. The molecule has 1 spiro atoms. The Hall–Kier alpha value is -2.28. The molecule has 3 heterocycles. The van der Waals surface area contributed by atoms with E-state index in [1.807, 2.05) is 13.8 Å². The fourth-order valence-corrected chi connectivity index (χ4v) is 4.94. The summed E-state index contributed by atoms with van der Waals surface area (Å²) in [5, 5.41) is 6.06. The second-order valence-electron chi connectivity index (χ2n) is 9.05. The molecular weight excluding hydrogens is 349 g/mol. The van der Waals surface area contributed by atoms with Crippen LogP contribution in [0.15, 0.2) is 18.2 Å². The van der Waals surface area contributed by atoms with Crippen molar-refractivity contribution in [1.29, 1.82) is 0 Å². The molecule has 0 aliphatic carbocycles. The van der Waals surface area contributed by atoms with Crippen LogP contribution < -0.4 is 10.6 Å². The highest BCUT2D eigenvalue weighted by Gasteiger charge is 2.71. The lowest BCUT2D eigenvalue weighted by Crippen LogP contribution is -2.56. The Morgan fingerprint density at radius 1 is 1.15 bits per heavy atom. The first-order chi connectivity index (χ1) is 12.5. The number of nitrogens with one attached hydrogen (secondary N) is 2. The molecule has 0 aromatic heterocycles. The van der Waals surface area contributed by atoms with Gasteiger partial charge in [-0.15, -0.1) is 0 Å². The monoisotopic (exact) mass is 373 g/mol. The summed E-state index contributed by atoms with van der Waals surface area (Å²) in [6.45, 7) is 9.30. The third-order valence-corrected chi connectivity index (χ3v) is 6.00. The Morgan fingerprint density at radius 3 is 2.41 bits per heavy atom. The van der Waals surface area contributed by atoms with E-state index in [4.69, 9.17) is 0 Å². The van der Waals surface area contributed by atoms with Gasteiger partial charge in [0.1, 0.15) is 11.4 Å². The number of hydrogen-bond acceptors (Lipinski definition) is 4. The van der Waals surface area contributed by atoms with E-state index in [1.165, 1.54) is 23.1 Å². The minimum absolute atomic E-state index is 0.0129. The third-order valence-electron chi connectivity index (χ3n) is 6.00. The Morgan fingerprint density at radius 2 is 1.81 bits per heavy atom. The molecule has 27 heavy (non-hydrogen) atoms. The molecule has 0 saturated carbocycles.